The van der Waals surface area contributed by atoms with E-state index in [2.05, 4.69) is 0 Å². The van der Waals surface area contributed by atoms with Gasteiger partial charge in [0.2, 0.25) is 0 Å². The van der Waals surface area contributed by atoms with Crippen LogP contribution >= 0.6 is 0 Å². The molecule has 0 aromatic heterocycles. The van der Waals surface area contributed by atoms with Crippen molar-refractivity contribution in [1.29, 1.82) is 0 Å². The van der Waals surface area contributed by atoms with E-state index >= 15 is 0 Å². The second kappa shape index (κ2) is 5.37. The van der Waals surface area contributed by atoms with Gasteiger partial charge in [0.15, 0.2) is 0 Å². The molecule has 0 aromatic rings. The lowest BCUT2D eigenvalue weighted by Crippen LogP contribution is -2.19. The van der Waals surface area contributed by atoms with Gasteiger partial charge in [-0.1, -0.05) is 0 Å². The molecule has 0 radical (unpaired) electrons. The summed E-state index contributed by atoms with van der Waals surface area (Å²) in [5.41, 5.74) is 0. The van der Waals surface area contributed by atoms with Crippen LogP contribution in [0, 0.1) is 0 Å². The van der Waals surface area contributed by atoms with E-state index in [-0.39, 0.29) is 13.0 Å². The molecule has 1 unspecified atom stereocenters. The summed E-state index contributed by atoms with van der Waals surface area (Å²) in [5.74, 6) is 0. The maximum Gasteiger partial charge on any atom is 0.391 e. The molecule has 12 heavy (non-hydrogen) atoms. The van der Waals surface area contributed by atoms with Crippen molar-refractivity contribution in [3.05, 3.63) is 0 Å². The van der Waals surface area contributed by atoms with Crippen molar-refractivity contribution in [1.82, 2.24) is 0 Å². The summed E-state index contributed by atoms with van der Waals surface area (Å²) in [6.07, 6.45) is -5.81. The van der Waals surface area contributed by atoms with E-state index in [1.807, 2.05) is 0 Å². The van der Waals surface area contributed by atoms with Gasteiger partial charge in [0.25, 0.3) is 0 Å². The van der Waals surface area contributed by atoms with Crippen LogP contribution in [0.5, 0.6) is 0 Å². The van der Waals surface area contributed by atoms with E-state index in [0.29, 0.717) is 12.8 Å². The van der Waals surface area contributed by atoms with Crippen LogP contribution < -0.4 is 0 Å². The number of aliphatic hydroxyl groups is 2. The molecule has 0 aliphatic heterocycles. The van der Waals surface area contributed by atoms with Gasteiger partial charge in [0, 0.05) is 6.61 Å². The second-order valence-electron chi connectivity index (χ2n) is 2.69. The fourth-order valence-corrected chi connectivity index (χ4v) is 0.861. The summed E-state index contributed by atoms with van der Waals surface area (Å²) >= 11 is 0. The Kier molecular flexibility index (Phi) is 5.24. The molecule has 0 heterocycles. The Balaban J connectivity index is 3.40. The van der Waals surface area contributed by atoms with Gasteiger partial charge in [0.1, 0.15) is 0 Å². The molecule has 2 nitrogen and oxygen atoms in total. The zero-order valence-electron chi connectivity index (χ0n) is 6.64. The monoisotopic (exact) mass is 186 g/mol. The number of hydrogen-bond acceptors (Lipinski definition) is 2. The Morgan fingerprint density at radius 1 is 1.17 bits per heavy atom. The Hall–Kier alpha value is -0.290. The van der Waals surface area contributed by atoms with Gasteiger partial charge in [-0.15, -0.1) is 0 Å². The van der Waals surface area contributed by atoms with Gasteiger partial charge in [-0.25, -0.2) is 0 Å². The summed E-state index contributed by atoms with van der Waals surface area (Å²) < 4.78 is 34.8. The molecule has 0 spiro atoms. The highest BCUT2D eigenvalue weighted by molar-refractivity contribution is 4.61. The Morgan fingerprint density at radius 2 is 1.75 bits per heavy atom. The minimum Gasteiger partial charge on any atom is -0.396 e. The second-order valence-corrected chi connectivity index (χ2v) is 2.69. The SMILES string of the molecule is OCCCCC(O)CC(F)(F)F. The molecule has 2 N–H and O–H groups in total. The quantitative estimate of drug-likeness (QED) is 0.638. The topological polar surface area (TPSA) is 40.5 Å². The number of hydrogen-bond donors (Lipinski definition) is 2. The van der Waals surface area contributed by atoms with Crippen LogP contribution in [0.15, 0.2) is 0 Å². The van der Waals surface area contributed by atoms with E-state index in [1.54, 1.807) is 0 Å². The van der Waals surface area contributed by atoms with Crippen LogP contribution in [0.3, 0.4) is 0 Å². The molecule has 0 aliphatic carbocycles. The standard InChI is InChI=1S/C7H13F3O2/c8-7(9,10)5-6(12)3-1-2-4-11/h6,11-12H,1-5H2. The van der Waals surface area contributed by atoms with E-state index in [1.165, 1.54) is 0 Å². The molecule has 0 saturated carbocycles. The summed E-state index contributed by atoms with van der Waals surface area (Å²) in [6.45, 7) is -0.0429. The summed E-state index contributed by atoms with van der Waals surface area (Å²) in [7, 11) is 0. The molecule has 0 saturated heterocycles. The van der Waals surface area contributed by atoms with Crippen molar-refractivity contribution in [2.24, 2.45) is 0 Å². The van der Waals surface area contributed by atoms with Crippen LogP contribution in [0.4, 0.5) is 13.2 Å². The maximum absolute atomic E-state index is 11.6. The first kappa shape index (κ1) is 11.7. The third-order valence-corrected chi connectivity index (χ3v) is 1.41. The van der Waals surface area contributed by atoms with Crippen molar-refractivity contribution in [3.8, 4) is 0 Å². The largest absolute Gasteiger partial charge is 0.396 e. The summed E-state index contributed by atoms with van der Waals surface area (Å²) in [4.78, 5) is 0. The predicted octanol–water partition coefficient (Wildman–Crippen LogP) is 1.46. The van der Waals surface area contributed by atoms with Gasteiger partial charge in [0.05, 0.1) is 12.5 Å². The van der Waals surface area contributed by atoms with Crippen LogP contribution in [0.25, 0.3) is 0 Å². The van der Waals surface area contributed by atoms with Crippen LogP contribution in [0.1, 0.15) is 25.7 Å². The maximum atomic E-state index is 11.6. The number of alkyl halides is 3. The zero-order chi connectivity index (χ0) is 9.61. The van der Waals surface area contributed by atoms with Gasteiger partial charge in [-0.05, 0) is 19.3 Å². The Morgan fingerprint density at radius 3 is 2.17 bits per heavy atom. The third kappa shape index (κ3) is 7.81. The smallest absolute Gasteiger partial charge is 0.391 e. The number of halogens is 3. The van der Waals surface area contributed by atoms with E-state index in [0.717, 1.165) is 0 Å². The fraction of sp³-hybridized carbons (Fsp3) is 1.00. The molecule has 0 aromatic carbocycles. The average molecular weight is 186 g/mol. The number of unbranched alkanes of at least 4 members (excludes halogenated alkanes) is 1. The van der Waals surface area contributed by atoms with Gasteiger partial charge in [-0.2, -0.15) is 13.2 Å². The molecular weight excluding hydrogens is 173 g/mol. The van der Waals surface area contributed by atoms with Crippen molar-refractivity contribution >= 4 is 0 Å². The van der Waals surface area contributed by atoms with Crippen LogP contribution in [-0.4, -0.2) is 29.1 Å². The van der Waals surface area contributed by atoms with Crippen molar-refractivity contribution in [3.63, 3.8) is 0 Å². The lowest BCUT2D eigenvalue weighted by Gasteiger charge is -2.12. The summed E-state index contributed by atoms with van der Waals surface area (Å²) in [6, 6.07) is 0. The lowest BCUT2D eigenvalue weighted by atomic mass is 10.1. The van der Waals surface area contributed by atoms with Gasteiger partial charge >= 0.3 is 6.18 Å². The van der Waals surface area contributed by atoms with Crippen LogP contribution in [0.2, 0.25) is 0 Å². The first-order valence-electron chi connectivity index (χ1n) is 3.81. The molecule has 74 valence electrons. The minimum absolute atomic E-state index is 0.0429. The van der Waals surface area contributed by atoms with Gasteiger partial charge < -0.3 is 10.2 Å². The highest BCUT2D eigenvalue weighted by Crippen LogP contribution is 2.23. The molecule has 0 rings (SSSR count). The average Bonchev–Trinajstić information content (AvgIpc) is 1.84. The van der Waals surface area contributed by atoms with E-state index in [9.17, 15) is 13.2 Å². The van der Waals surface area contributed by atoms with Crippen molar-refractivity contribution in [2.45, 2.75) is 38.0 Å². The summed E-state index contributed by atoms with van der Waals surface area (Å²) in [5, 5.41) is 17.1. The number of aliphatic hydroxyl groups excluding tert-OH is 2. The molecule has 0 bridgehead atoms. The highest BCUT2D eigenvalue weighted by Gasteiger charge is 2.30. The molecule has 5 heteroatoms. The molecule has 0 fully saturated rings. The first-order valence-corrected chi connectivity index (χ1v) is 3.81. The molecule has 1 atom stereocenters. The highest BCUT2D eigenvalue weighted by atomic mass is 19.4. The lowest BCUT2D eigenvalue weighted by molar-refractivity contribution is -0.154. The van der Waals surface area contributed by atoms with Crippen molar-refractivity contribution in [2.75, 3.05) is 6.61 Å². The zero-order valence-corrected chi connectivity index (χ0v) is 6.64. The van der Waals surface area contributed by atoms with Gasteiger partial charge in [-0.3, -0.25) is 0 Å². The predicted molar refractivity (Wildman–Crippen MR) is 37.6 cm³/mol. The molecule has 0 aliphatic rings. The minimum atomic E-state index is -4.29. The normalized spacial score (nSPS) is 14.8. The fourth-order valence-electron chi connectivity index (χ4n) is 0.861. The van der Waals surface area contributed by atoms with E-state index < -0.39 is 18.7 Å². The molecule has 0 amide bonds. The Bertz CT molecular complexity index is 114. The third-order valence-electron chi connectivity index (χ3n) is 1.41. The first-order chi connectivity index (χ1) is 5.45. The van der Waals surface area contributed by atoms with E-state index in [4.69, 9.17) is 10.2 Å². The molecular formula is C7H13F3O2. The number of rotatable bonds is 5. The Labute approximate surface area is 69.0 Å². The van der Waals surface area contributed by atoms with Crippen molar-refractivity contribution < 1.29 is 23.4 Å². The van der Waals surface area contributed by atoms with Crippen LogP contribution in [-0.2, 0) is 0 Å².